The molecule has 0 fully saturated rings. The maximum atomic E-state index is 12.2. The lowest BCUT2D eigenvalue weighted by Crippen LogP contribution is -2.29. The Bertz CT molecular complexity index is 565. The molecule has 0 aliphatic carbocycles. The SMILES string of the molecule is CCC[C@H](NC(=O)c1cc(C)nc(Cl)c1)c1nn[nH]n1. The first-order chi connectivity index (χ1) is 9.60. The highest BCUT2D eigenvalue weighted by Gasteiger charge is 2.19. The molecule has 0 aliphatic rings. The summed E-state index contributed by atoms with van der Waals surface area (Å²) in [6.07, 6.45) is 1.61. The first-order valence-corrected chi connectivity index (χ1v) is 6.66. The van der Waals surface area contributed by atoms with E-state index in [0.717, 1.165) is 12.8 Å². The monoisotopic (exact) mass is 294 g/mol. The molecule has 0 bridgehead atoms. The number of nitrogens with one attached hydrogen (secondary N) is 2. The number of pyridine rings is 1. The predicted molar refractivity (Wildman–Crippen MR) is 73.3 cm³/mol. The van der Waals surface area contributed by atoms with Crippen molar-refractivity contribution in [3.05, 3.63) is 34.4 Å². The molecule has 106 valence electrons. The van der Waals surface area contributed by atoms with Crippen molar-refractivity contribution >= 4 is 17.5 Å². The van der Waals surface area contributed by atoms with Crippen LogP contribution >= 0.6 is 11.6 Å². The number of carbonyl (C=O) groups excluding carboxylic acids is 1. The number of aromatic amines is 1. The van der Waals surface area contributed by atoms with Gasteiger partial charge < -0.3 is 5.32 Å². The maximum absolute atomic E-state index is 12.2. The fourth-order valence-electron chi connectivity index (χ4n) is 1.87. The van der Waals surface area contributed by atoms with Gasteiger partial charge >= 0.3 is 0 Å². The van der Waals surface area contributed by atoms with Gasteiger partial charge in [0.1, 0.15) is 5.15 Å². The standard InChI is InChI=1S/C12H15ClN6O/c1-3-4-9(11-16-18-19-17-11)15-12(20)8-5-7(2)14-10(13)6-8/h5-6,9H,3-4H2,1-2H3,(H,15,20)(H,16,17,18,19)/t9-/m0/s1. The van der Waals surface area contributed by atoms with Crippen LogP contribution in [-0.4, -0.2) is 31.5 Å². The van der Waals surface area contributed by atoms with Gasteiger partial charge in [0, 0.05) is 11.3 Å². The molecule has 0 aliphatic heterocycles. The molecule has 1 amide bonds. The summed E-state index contributed by atoms with van der Waals surface area (Å²) in [5, 5.41) is 16.9. The average molecular weight is 295 g/mol. The normalized spacial score (nSPS) is 12.2. The number of carbonyl (C=O) groups is 1. The van der Waals surface area contributed by atoms with E-state index in [1.54, 1.807) is 13.0 Å². The van der Waals surface area contributed by atoms with Gasteiger partial charge in [-0.2, -0.15) is 5.21 Å². The van der Waals surface area contributed by atoms with Crippen LogP contribution in [0.2, 0.25) is 5.15 Å². The van der Waals surface area contributed by atoms with Crippen molar-refractivity contribution in [2.45, 2.75) is 32.7 Å². The molecule has 2 heterocycles. The number of hydrogen-bond donors (Lipinski definition) is 2. The van der Waals surface area contributed by atoms with E-state index >= 15 is 0 Å². The number of halogens is 1. The van der Waals surface area contributed by atoms with E-state index in [9.17, 15) is 4.79 Å². The van der Waals surface area contributed by atoms with E-state index in [4.69, 9.17) is 11.6 Å². The zero-order valence-corrected chi connectivity index (χ0v) is 12.0. The summed E-state index contributed by atoms with van der Waals surface area (Å²) in [5.41, 5.74) is 1.15. The van der Waals surface area contributed by atoms with Crippen LogP contribution in [0.5, 0.6) is 0 Å². The lowest BCUT2D eigenvalue weighted by Gasteiger charge is -2.14. The summed E-state index contributed by atoms with van der Waals surface area (Å²) < 4.78 is 0. The van der Waals surface area contributed by atoms with Crippen molar-refractivity contribution in [2.24, 2.45) is 0 Å². The third-order valence-electron chi connectivity index (χ3n) is 2.74. The first-order valence-electron chi connectivity index (χ1n) is 6.28. The quantitative estimate of drug-likeness (QED) is 0.820. The number of aryl methyl sites for hydroxylation is 1. The van der Waals surface area contributed by atoms with Crippen molar-refractivity contribution in [2.75, 3.05) is 0 Å². The molecule has 0 saturated carbocycles. The molecule has 2 N–H and O–H groups in total. The molecule has 2 aromatic heterocycles. The molecular formula is C12H15ClN6O. The molecule has 0 aromatic carbocycles. The smallest absolute Gasteiger partial charge is 0.252 e. The molecule has 1 atom stereocenters. The van der Waals surface area contributed by atoms with Gasteiger partial charge in [-0.1, -0.05) is 30.2 Å². The Balaban J connectivity index is 2.16. The molecule has 7 nitrogen and oxygen atoms in total. The summed E-state index contributed by atoms with van der Waals surface area (Å²) in [5.74, 6) is 0.234. The highest BCUT2D eigenvalue weighted by atomic mass is 35.5. The van der Waals surface area contributed by atoms with Crippen LogP contribution in [0.3, 0.4) is 0 Å². The summed E-state index contributed by atoms with van der Waals surface area (Å²) in [6, 6.07) is 2.93. The number of hydrogen-bond acceptors (Lipinski definition) is 5. The van der Waals surface area contributed by atoms with E-state index < -0.39 is 0 Å². The van der Waals surface area contributed by atoms with Gasteiger partial charge in [-0.05, 0) is 25.5 Å². The first kappa shape index (κ1) is 14.4. The van der Waals surface area contributed by atoms with Crippen LogP contribution in [0.1, 0.15) is 47.7 Å². The second-order valence-corrected chi connectivity index (χ2v) is 4.79. The van der Waals surface area contributed by atoms with E-state index in [-0.39, 0.29) is 11.9 Å². The van der Waals surface area contributed by atoms with Crippen molar-refractivity contribution in [1.29, 1.82) is 0 Å². The third kappa shape index (κ3) is 3.51. The molecule has 8 heteroatoms. The minimum absolute atomic E-state index is 0.236. The highest BCUT2D eigenvalue weighted by molar-refractivity contribution is 6.29. The number of amides is 1. The maximum Gasteiger partial charge on any atom is 0.252 e. The van der Waals surface area contributed by atoms with Crippen molar-refractivity contribution in [1.82, 2.24) is 30.9 Å². The predicted octanol–water partition coefficient (Wildman–Crippen LogP) is 1.83. The number of tetrazole rings is 1. The summed E-state index contributed by atoms with van der Waals surface area (Å²) in [6.45, 7) is 3.80. The Hall–Kier alpha value is -2.02. The van der Waals surface area contributed by atoms with Gasteiger partial charge in [-0.15, -0.1) is 10.2 Å². The van der Waals surface area contributed by atoms with Crippen molar-refractivity contribution in [3.8, 4) is 0 Å². The van der Waals surface area contributed by atoms with Crippen LogP contribution < -0.4 is 5.32 Å². The van der Waals surface area contributed by atoms with Crippen LogP contribution in [0.15, 0.2) is 12.1 Å². The Kier molecular flexibility index (Phi) is 4.62. The molecule has 20 heavy (non-hydrogen) atoms. The Labute approximate surface area is 121 Å². The zero-order valence-electron chi connectivity index (χ0n) is 11.2. The Morgan fingerprint density at radius 3 is 2.90 bits per heavy atom. The number of rotatable bonds is 5. The molecule has 2 rings (SSSR count). The Morgan fingerprint density at radius 1 is 1.50 bits per heavy atom. The van der Waals surface area contributed by atoms with Gasteiger partial charge in [0.25, 0.3) is 5.91 Å². The number of aromatic nitrogens is 5. The topological polar surface area (TPSA) is 96.5 Å². The van der Waals surface area contributed by atoms with Crippen LogP contribution in [0.25, 0.3) is 0 Å². The van der Waals surface area contributed by atoms with E-state index in [0.29, 0.717) is 22.2 Å². The Morgan fingerprint density at radius 2 is 2.30 bits per heavy atom. The minimum Gasteiger partial charge on any atom is -0.342 e. The van der Waals surface area contributed by atoms with Gasteiger partial charge in [0.05, 0.1) is 6.04 Å². The van der Waals surface area contributed by atoms with Crippen LogP contribution in [0.4, 0.5) is 0 Å². The summed E-state index contributed by atoms with van der Waals surface area (Å²) >= 11 is 5.86. The number of nitrogens with zero attached hydrogens (tertiary/aromatic N) is 4. The van der Waals surface area contributed by atoms with Gasteiger partial charge in [-0.25, -0.2) is 4.98 Å². The van der Waals surface area contributed by atoms with Crippen LogP contribution in [-0.2, 0) is 0 Å². The van der Waals surface area contributed by atoms with Crippen molar-refractivity contribution in [3.63, 3.8) is 0 Å². The average Bonchev–Trinajstić information content (AvgIpc) is 2.90. The molecule has 0 unspecified atom stereocenters. The summed E-state index contributed by atoms with van der Waals surface area (Å²) in [4.78, 5) is 16.3. The molecule has 2 aromatic rings. The summed E-state index contributed by atoms with van der Waals surface area (Å²) in [7, 11) is 0. The van der Waals surface area contributed by atoms with Crippen LogP contribution in [0, 0.1) is 6.92 Å². The fourth-order valence-corrected chi connectivity index (χ4v) is 2.12. The minimum atomic E-state index is -0.279. The van der Waals surface area contributed by atoms with Crippen molar-refractivity contribution < 1.29 is 4.79 Å². The lowest BCUT2D eigenvalue weighted by molar-refractivity contribution is 0.0932. The molecule has 0 spiro atoms. The zero-order chi connectivity index (χ0) is 14.5. The molecular weight excluding hydrogens is 280 g/mol. The van der Waals surface area contributed by atoms with E-state index in [2.05, 4.69) is 30.9 Å². The fraction of sp³-hybridized carbons (Fsp3) is 0.417. The lowest BCUT2D eigenvalue weighted by atomic mass is 10.1. The number of H-pyrrole nitrogens is 1. The van der Waals surface area contributed by atoms with E-state index in [1.807, 2.05) is 6.92 Å². The van der Waals surface area contributed by atoms with E-state index in [1.165, 1.54) is 6.07 Å². The molecule has 0 radical (unpaired) electrons. The molecule has 0 saturated heterocycles. The van der Waals surface area contributed by atoms with Gasteiger partial charge in [0.2, 0.25) is 0 Å². The van der Waals surface area contributed by atoms with Gasteiger partial charge in [0.15, 0.2) is 5.82 Å². The third-order valence-corrected chi connectivity index (χ3v) is 2.93. The second kappa shape index (κ2) is 6.42. The highest BCUT2D eigenvalue weighted by Crippen LogP contribution is 2.16. The second-order valence-electron chi connectivity index (χ2n) is 4.40. The van der Waals surface area contributed by atoms with Gasteiger partial charge in [-0.3, -0.25) is 4.79 Å². The largest absolute Gasteiger partial charge is 0.342 e.